The zero-order valence-corrected chi connectivity index (χ0v) is 12.7. The number of benzene rings is 2. The number of aliphatic carboxylic acids is 1. The van der Waals surface area contributed by atoms with Gasteiger partial charge in [-0.3, -0.25) is 0 Å². The number of hydrogen-bond acceptors (Lipinski definition) is 2. The van der Waals surface area contributed by atoms with Gasteiger partial charge in [0.25, 0.3) is 0 Å². The second kappa shape index (κ2) is 6.95. The smallest absolute Gasteiger partial charge is 0.548 e. The topological polar surface area (TPSA) is 40.1 Å². The minimum atomic E-state index is -1.28. The number of rotatable bonds is 3. The number of carbonyl (C=O) groups is 1. The van der Waals surface area contributed by atoms with Gasteiger partial charge in [-0.15, -0.1) is 11.6 Å². The Hall–Kier alpha value is -0.800. The van der Waals surface area contributed by atoms with E-state index in [0.717, 1.165) is 11.1 Å². The Morgan fingerprint density at radius 2 is 1.44 bits per heavy atom. The summed E-state index contributed by atoms with van der Waals surface area (Å²) in [6, 6.07) is 16.9. The Bertz CT molecular complexity index is 511. The Balaban J connectivity index is 0.00000162. The minimum absolute atomic E-state index is 0. The maximum Gasteiger partial charge on any atom is 1.00 e. The van der Waals surface area contributed by atoms with Crippen molar-refractivity contribution in [2.75, 3.05) is 0 Å². The van der Waals surface area contributed by atoms with Crippen LogP contribution in [0.4, 0.5) is 0 Å². The molecule has 0 radical (unpaired) electrons. The van der Waals surface area contributed by atoms with E-state index in [9.17, 15) is 9.90 Å². The van der Waals surface area contributed by atoms with E-state index in [1.807, 2.05) is 42.5 Å². The molecule has 0 heterocycles. The number of hydrogen-bond donors (Lipinski definition) is 0. The molecule has 0 fully saturated rings. The summed E-state index contributed by atoms with van der Waals surface area (Å²) in [6.45, 7) is 0. The van der Waals surface area contributed by atoms with Crippen LogP contribution in [0.1, 0.15) is 10.9 Å². The van der Waals surface area contributed by atoms with Crippen molar-refractivity contribution in [3.8, 4) is 11.1 Å². The Labute approximate surface area is 133 Å². The van der Waals surface area contributed by atoms with E-state index in [4.69, 9.17) is 11.6 Å². The molecule has 1 unspecified atom stereocenters. The van der Waals surface area contributed by atoms with Crippen LogP contribution in [0.2, 0.25) is 0 Å². The summed E-state index contributed by atoms with van der Waals surface area (Å²) >= 11 is 5.68. The monoisotopic (exact) mass is 268 g/mol. The number of alkyl halides is 1. The zero-order valence-electron chi connectivity index (χ0n) is 9.97. The summed E-state index contributed by atoms with van der Waals surface area (Å²) in [5.74, 6) is -1.28. The molecule has 2 nitrogen and oxygen atoms in total. The van der Waals surface area contributed by atoms with E-state index in [2.05, 4.69) is 0 Å². The van der Waals surface area contributed by atoms with Crippen molar-refractivity contribution in [1.29, 1.82) is 0 Å². The molecule has 0 aliphatic rings. The van der Waals surface area contributed by atoms with Crippen LogP contribution in [0.3, 0.4) is 0 Å². The average Bonchev–Trinajstić information content (AvgIpc) is 2.39. The second-order valence-corrected chi connectivity index (χ2v) is 4.11. The van der Waals surface area contributed by atoms with Crippen LogP contribution < -0.4 is 34.7 Å². The standard InChI is InChI=1S/C14H11ClO2.Na/c15-13(14(16)17)12-8-6-11(7-9-12)10-4-2-1-3-5-10;/h1-9,13H,(H,16,17);/q;+1/p-1. The van der Waals surface area contributed by atoms with Crippen molar-refractivity contribution in [3.63, 3.8) is 0 Å². The molecule has 18 heavy (non-hydrogen) atoms. The molecule has 2 aromatic rings. The first-order valence-corrected chi connectivity index (χ1v) is 5.62. The van der Waals surface area contributed by atoms with Crippen LogP contribution in [-0.2, 0) is 4.79 Å². The van der Waals surface area contributed by atoms with Gasteiger partial charge in [0.1, 0.15) is 0 Å². The van der Waals surface area contributed by atoms with Gasteiger partial charge < -0.3 is 9.90 Å². The predicted octanol–water partition coefficient (Wildman–Crippen LogP) is -0.613. The summed E-state index contributed by atoms with van der Waals surface area (Å²) < 4.78 is 0. The molecular weight excluding hydrogens is 259 g/mol. The van der Waals surface area contributed by atoms with E-state index >= 15 is 0 Å². The van der Waals surface area contributed by atoms with Gasteiger partial charge in [-0.25, -0.2) is 0 Å². The van der Waals surface area contributed by atoms with Gasteiger partial charge in [0.2, 0.25) is 0 Å². The van der Waals surface area contributed by atoms with Crippen molar-refractivity contribution in [2.24, 2.45) is 0 Å². The van der Waals surface area contributed by atoms with Crippen LogP contribution in [0, 0.1) is 0 Å². The fourth-order valence-corrected chi connectivity index (χ4v) is 1.76. The quantitative estimate of drug-likeness (QED) is 0.550. The molecule has 2 rings (SSSR count). The number of carbonyl (C=O) groups excluding carboxylic acids is 1. The summed E-state index contributed by atoms with van der Waals surface area (Å²) in [5.41, 5.74) is 2.64. The van der Waals surface area contributed by atoms with Crippen LogP contribution in [-0.4, -0.2) is 5.97 Å². The molecule has 0 aliphatic heterocycles. The molecule has 0 amide bonds. The summed E-state index contributed by atoms with van der Waals surface area (Å²) in [5, 5.41) is 9.51. The first kappa shape index (κ1) is 15.3. The first-order valence-electron chi connectivity index (χ1n) is 5.19. The molecule has 1 atom stereocenters. The van der Waals surface area contributed by atoms with E-state index in [1.165, 1.54) is 0 Å². The van der Waals surface area contributed by atoms with Crippen LogP contribution >= 0.6 is 11.6 Å². The molecule has 0 aromatic heterocycles. The summed E-state index contributed by atoms with van der Waals surface area (Å²) in [7, 11) is 0. The predicted molar refractivity (Wildman–Crippen MR) is 65.5 cm³/mol. The van der Waals surface area contributed by atoms with Crippen molar-refractivity contribution >= 4 is 17.6 Å². The third kappa shape index (κ3) is 3.59. The van der Waals surface area contributed by atoms with Crippen molar-refractivity contribution in [2.45, 2.75) is 5.38 Å². The van der Waals surface area contributed by atoms with E-state index in [-0.39, 0.29) is 29.6 Å². The molecule has 0 bridgehead atoms. The average molecular weight is 269 g/mol. The molecule has 0 saturated carbocycles. The normalized spacial score (nSPS) is 11.4. The largest absolute Gasteiger partial charge is 1.00 e. The zero-order chi connectivity index (χ0) is 12.3. The van der Waals surface area contributed by atoms with E-state index in [1.54, 1.807) is 12.1 Å². The van der Waals surface area contributed by atoms with Crippen LogP contribution in [0.25, 0.3) is 11.1 Å². The molecule has 0 saturated heterocycles. The van der Waals surface area contributed by atoms with E-state index < -0.39 is 11.3 Å². The summed E-state index contributed by atoms with van der Waals surface area (Å²) in [6.07, 6.45) is 0. The van der Waals surface area contributed by atoms with Gasteiger partial charge in [-0.1, -0.05) is 54.6 Å². The molecular formula is C14H10ClNaO2. The second-order valence-electron chi connectivity index (χ2n) is 3.67. The van der Waals surface area contributed by atoms with Crippen molar-refractivity contribution in [1.82, 2.24) is 0 Å². The van der Waals surface area contributed by atoms with Gasteiger partial charge in [-0.05, 0) is 16.7 Å². The Kier molecular flexibility index (Phi) is 5.89. The molecule has 0 N–H and O–H groups in total. The van der Waals surface area contributed by atoms with Crippen LogP contribution in [0.15, 0.2) is 54.6 Å². The number of carboxylic acids is 1. The van der Waals surface area contributed by atoms with Gasteiger partial charge in [0.05, 0.1) is 11.3 Å². The van der Waals surface area contributed by atoms with Crippen LogP contribution in [0.5, 0.6) is 0 Å². The van der Waals surface area contributed by atoms with Gasteiger partial charge in [0.15, 0.2) is 0 Å². The summed E-state index contributed by atoms with van der Waals surface area (Å²) in [4.78, 5) is 10.6. The molecule has 4 heteroatoms. The number of carboxylic acid groups (broad SMARTS) is 1. The molecule has 86 valence electrons. The van der Waals surface area contributed by atoms with Crippen molar-refractivity contribution in [3.05, 3.63) is 60.2 Å². The minimum Gasteiger partial charge on any atom is -0.548 e. The van der Waals surface area contributed by atoms with Gasteiger partial charge in [0, 0.05) is 0 Å². The fraction of sp³-hybridized carbons (Fsp3) is 0.0714. The number of halogens is 1. The third-order valence-electron chi connectivity index (χ3n) is 2.52. The molecule has 0 aliphatic carbocycles. The van der Waals surface area contributed by atoms with Gasteiger partial charge >= 0.3 is 29.6 Å². The van der Waals surface area contributed by atoms with Crippen molar-refractivity contribution < 1.29 is 39.5 Å². The van der Waals surface area contributed by atoms with E-state index in [0.29, 0.717) is 5.56 Å². The first-order chi connectivity index (χ1) is 8.18. The molecule has 2 aromatic carbocycles. The Morgan fingerprint density at radius 1 is 0.944 bits per heavy atom. The van der Waals surface area contributed by atoms with Gasteiger partial charge in [-0.2, -0.15) is 0 Å². The maximum atomic E-state index is 10.6. The maximum absolute atomic E-state index is 10.6. The third-order valence-corrected chi connectivity index (χ3v) is 2.95. The Morgan fingerprint density at radius 3 is 1.94 bits per heavy atom. The SMILES string of the molecule is O=C([O-])C(Cl)c1ccc(-c2ccccc2)cc1.[Na+]. The fourth-order valence-electron chi connectivity index (χ4n) is 1.61. The molecule has 0 spiro atoms.